The van der Waals surface area contributed by atoms with Gasteiger partial charge in [0.1, 0.15) is 23.2 Å². The highest BCUT2D eigenvalue weighted by Crippen LogP contribution is 2.52. The van der Waals surface area contributed by atoms with Gasteiger partial charge in [0.2, 0.25) is 0 Å². The number of aliphatic hydroxyl groups excluding tert-OH is 1. The van der Waals surface area contributed by atoms with Crippen molar-refractivity contribution in [2.45, 2.75) is 79.1 Å². The Morgan fingerprint density at radius 3 is 2.52 bits per heavy atom. The van der Waals surface area contributed by atoms with Gasteiger partial charge in [-0.2, -0.15) is 0 Å². The third kappa shape index (κ3) is 3.57. The van der Waals surface area contributed by atoms with Crippen LogP contribution in [0.2, 0.25) is 0 Å². The van der Waals surface area contributed by atoms with Crippen molar-refractivity contribution < 1.29 is 19.0 Å². The number of benzene rings is 1. The molecule has 2 aliphatic rings. The van der Waals surface area contributed by atoms with Crippen molar-refractivity contribution in [3.8, 4) is 11.5 Å². The van der Waals surface area contributed by atoms with Crippen LogP contribution in [-0.4, -0.2) is 16.8 Å². The Morgan fingerprint density at radius 2 is 1.86 bits per heavy atom. The molecule has 5 heteroatoms. The van der Waals surface area contributed by atoms with Crippen molar-refractivity contribution in [2.75, 3.05) is 0 Å². The van der Waals surface area contributed by atoms with Gasteiger partial charge in [-0.05, 0) is 44.9 Å². The summed E-state index contributed by atoms with van der Waals surface area (Å²) in [6.07, 6.45) is 4.65. The summed E-state index contributed by atoms with van der Waals surface area (Å²) in [5.74, 6) is 1.10. The maximum atomic E-state index is 12.3. The van der Waals surface area contributed by atoms with Crippen molar-refractivity contribution in [3.05, 3.63) is 39.3 Å². The largest absolute Gasteiger partial charge is 0.489 e. The molecule has 158 valence electrons. The van der Waals surface area contributed by atoms with E-state index in [0.29, 0.717) is 22.6 Å². The Labute approximate surface area is 172 Å². The summed E-state index contributed by atoms with van der Waals surface area (Å²) >= 11 is 0. The highest BCUT2D eigenvalue weighted by molar-refractivity contribution is 5.97. The molecule has 2 aliphatic heterocycles. The summed E-state index contributed by atoms with van der Waals surface area (Å²) in [4.78, 5) is 12.3. The van der Waals surface area contributed by atoms with Crippen molar-refractivity contribution >= 4 is 17.0 Å². The molecule has 3 atom stereocenters. The summed E-state index contributed by atoms with van der Waals surface area (Å²) in [7, 11) is 0. The van der Waals surface area contributed by atoms with Crippen LogP contribution in [0.1, 0.15) is 77.7 Å². The van der Waals surface area contributed by atoms with Crippen molar-refractivity contribution in [3.63, 3.8) is 0 Å². The van der Waals surface area contributed by atoms with Gasteiger partial charge in [-0.25, -0.2) is 4.79 Å². The van der Waals surface area contributed by atoms with Crippen molar-refractivity contribution in [1.29, 1.82) is 0 Å². The molecule has 4 rings (SSSR count). The first-order valence-corrected chi connectivity index (χ1v) is 10.6. The summed E-state index contributed by atoms with van der Waals surface area (Å²) < 4.78 is 18.1. The standard InChI is InChI=1S/C22H26O5.C2H6/c1-6-7-13-10-15(23)26-21-16(13)20-14(8-9-22(4,5)27-20)19-17(21)18(24)11(2)12(3)25-19;1-2/h8-12,18,24H,6-7H2,1-5H3;1-2H3/t11?,12-,18+;/m0./s1. The molecule has 1 N–H and O–H groups in total. The van der Waals surface area contributed by atoms with E-state index in [1.165, 1.54) is 6.07 Å². The summed E-state index contributed by atoms with van der Waals surface area (Å²) in [5.41, 5.74) is 1.72. The summed E-state index contributed by atoms with van der Waals surface area (Å²) in [6.45, 7) is 13.9. The zero-order valence-electron chi connectivity index (χ0n) is 18.5. The van der Waals surface area contributed by atoms with Crippen LogP contribution in [0.5, 0.6) is 11.5 Å². The Hall–Kier alpha value is -2.27. The van der Waals surface area contributed by atoms with Crippen LogP contribution in [0.3, 0.4) is 0 Å². The number of fused-ring (bicyclic) bond motifs is 6. The van der Waals surface area contributed by atoms with Crippen LogP contribution >= 0.6 is 0 Å². The molecule has 1 aromatic carbocycles. The quantitative estimate of drug-likeness (QED) is 0.683. The van der Waals surface area contributed by atoms with E-state index in [-0.39, 0.29) is 12.0 Å². The van der Waals surface area contributed by atoms with E-state index in [9.17, 15) is 9.90 Å². The first-order valence-electron chi connectivity index (χ1n) is 10.6. The second-order valence-electron chi connectivity index (χ2n) is 8.20. The second kappa shape index (κ2) is 7.86. The van der Waals surface area contributed by atoms with Gasteiger partial charge in [-0.3, -0.25) is 0 Å². The first-order chi connectivity index (χ1) is 13.7. The third-order valence-electron chi connectivity index (χ3n) is 5.62. The molecule has 0 fully saturated rings. The van der Waals surface area contributed by atoms with Crippen molar-refractivity contribution in [1.82, 2.24) is 0 Å². The number of aryl methyl sites for hydroxylation is 1. The van der Waals surface area contributed by atoms with Gasteiger partial charge in [0.15, 0.2) is 5.58 Å². The molecule has 1 aromatic heterocycles. The van der Waals surface area contributed by atoms with E-state index in [4.69, 9.17) is 13.9 Å². The fourth-order valence-electron chi connectivity index (χ4n) is 3.98. The molecule has 1 unspecified atom stereocenters. The predicted octanol–water partition coefficient (Wildman–Crippen LogP) is 5.41. The van der Waals surface area contributed by atoms with Crippen LogP contribution in [0.25, 0.3) is 17.0 Å². The number of hydrogen-bond acceptors (Lipinski definition) is 5. The molecular formula is C24H32O5. The predicted molar refractivity (Wildman–Crippen MR) is 116 cm³/mol. The van der Waals surface area contributed by atoms with Crippen LogP contribution in [0.15, 0.2) is 21.4 Å². The zero-order valence-corrected chi connectivity index (χ0v) is 18.5. The van der Waals surface area contributed by atoms with E-state index in [0.717, 1.165) is 29.4 Å². The van der Waals surface area contributed by atoms with Crippen LogP contribution in [-0.2, 0) is 6.42 Å². The Balaban J connectivity index is 0.00000117. The molecule has 29 heavy (non-hydrogen) atoms. The second-order valence-corrected chi connectivity index (χ2v) is 8.20. The zero-order chi connectivity index (χ0) is 21.5. The third-order valence-corrected chi connectivity index (χ3v) is 5.62. The molecule has 0 amide bonds. The maximum absolute atomic E-state index is 12.3. The lowest BCUT2D eigenvalue weighted by molar-refractivity contribution is 0.0173. The smallest absolute Gasteiger partial charge is 0.336 e. The summed E-state index contributed by atoms with van der Waals surface area (Å²) in [6, 6.07) is 1.54. The monoisotopic (exact) mass is 400 g/mol. The fraction of sp³-hybridized carbons (Fsp3) is 0.542. The van der Waals surface area contributed by atoms with E-state index in [2.05, 4.69) is 6.92 Å². The molecule has 0 spiro atoms. The van der Waals surface area contributed by atoms with Gasteiger partial charge < -0.3 is 19.0 Å². The van der Waals surface area contributed by atoms with Gasteiger partial charge in [0, 0.05) is 12.0 Å². The van der Waals surface area contributed by atoms with Gasteiger partial charge >= 0.3 is 5.63 Å². The van der Waals surface area contributed by atoms with Gasteiger partial charge in [-0.15, -0.1) is 0 Å². The Kier molecular flexibility index (Phi) is 5.81. The molecule has 0 bridgehead atoms. The molecule has 0 radical (unpaired) electrons. The average Bonchev–Trinajstić information content (AvgIpc) is 2.66. The highest BCUT2D eigenvalue weighted by atomic mass is 16.5. The van der Waals surface area contributed by atoms with Crippen molar-refractivity contribution in [2.24, 2.45) is 5.92 Å². The van der Waals surface area contributed by atoms with Crippen LogP contribution in [0.4, 0.5) is 0 Å². The molecule has 2 aromatic rings. The van der Waals surface area contributed by atoms with E-state index >= 15 is 0 Å². The van der Waals surface area contributed by atoms with Crippen LogP contribution < -0.4 is 15.1 Å². The molecule has 3 heterocycles. The lowest BCUT2D eigenvalue weighted by Gasteiger charge is -2.37. The molecule has 0 saturated carbocycles. The minimum absolute atomic E-state index is 0.121. The lowest BCUT2D eigenvalue weighted by Crippen LogP contribution is -2.34. The molecular weight excluding hydrogens is 368 g/mol. The topological polar surface area (TPSA) is 68.9 Å². The van der Waals surface area contributed by atoms with Gasteiger partial charge in [0.05, 0.1) is 22.6 Å². The van der Waals surface area contributed by atoms with Crippen LogP contribution in [0, 0.1) is 5.92 Å². The number of rotatable bonds is 2. The average molecular weight is 401 g/mol. The fourth-order valence-corrected chi connectivity index (χ4v) is 3.98. The first kappa shape index (κ1) is 21.4. The Bertz CT molecular complexity index is 999. The summed E-state index contributed by atoms with van der Waals surface area (Å²) in [5, 5.41) is 11.8. The lowest BCUT2D eigenvalue weighted by atomic mass is 9.85. The minimum atomic E-state index is -0.778. The molecule has 0 saturated heterocycles. The van der Waals surface area contributed by atoms with Gasteiger partial charge in [-0.1, -0.05) is 34.1 Å². The minimum Gasteiger partial charge on any atom is -0.489 e. The SMILES string of the molecule is CC.CCCc1cc(=O)oc2c3c(c4c(c12)OC(C)(C)C=C4)O[C@@H](C)C(C)[C@H]3O. The van der Waals surface area contributed by atoms with E-state index < -0.39 is 17.3 Å². The van der Waals surface area contributed by atoms with E-state index in [1.54, 1.807) is 0 Å². The number of hydrogen-bond donors (Lipinski definition) is 1. The number of aliphatic hydroxyl groups is 1. The molecule has 0 aliphatic carbocycles. The van der Waals surface area contributed by atoms with Gasteiger partial charge in [0.25, 0.3) is 0 Å². The Morgan fingerprint density at radius 1 is 1.17 bits per heavy atom. The van der Waals surface area contributed by atoms with E-state index in [1.807, 2.05) is 53.7 Å². The maximum Gasteiger partial charge on any atom is 0.336 e. The normalized spacial score (nSPS) is 23.9. The number of ether oxygens (including phenoxy) is 2. The highest BCUT2D eigenvalue weighted by Gasteiger charge is 2.39. The molecule has 5 nitrogen and oxygen atoms in total.